The second-order valence-corrected chi connectivity index (χ2v) is 9.95. The van der Waals surface area contributed by atoms with Crippen molar-refractivity contribution >= 4 is 44.8 Å². The quantitative estimate of drug-likeness (QED) is 0.650. The maximum absolute atomic E-state index is 12.8. The minimum atomic E-state index is 0.129. The molecule has 0 spiro atoms. The molecule has 0 unspecified atom stereocenters. The van der Waals surface area contributed by atoms with Crippen molar-refractivity contribution in [3.63, 3.8) is 0 Å². The van der Waals surface area contributed by atoms with Gasteiger partial charge in [0.2, 0.25) is 5.91 Å². The molecule has 1 aromatic heterocycles. The van der Waals surface area contributed by atoms with Gasteiger partial charge >= 0.3 is 0 Å². The molecule has 0 N–H and O–H groups in total. The number of rotatable bonds is 4. The summed E-state index contributed by atoms with van der Waals surface area (Å²) in [7, 11) is 0. The molecule has 2 aromatic rings. The molecule has 150 valence electrons. The third-order valence-electron chi connectivity index (χ3n) is 4.95. The Morgan fingerprint density at radius 1 is 1.14 bits per heavy atom. The van der Waals surface area contributed by atoms with Gasteiger partial charge in [-0.05, 0) is 45.8 Å². The summed E-state index contributed by atoms with van der Waals surface area (Å²) in [6, 6.07) is 7.94. The summed E-state index contributed by atoms with van der Waals surface area (Å²) in [6.45, 7) is 5.43. The molecule has 1 saturated heterocycles. The first kappa shape index (κ1) is 20.0. The lowest BCUT2D eigenvalue weighted by Crippen LogP contribution is -2.48. The van der Waals surface area contributed by atoms with Crippen LogP contribution in [0.25, 0.3) is 0 Å². The van der Waals surface area contributed by atoms with Crippen LogP contribution in [0.3, 0.4) is 0 Å². The fourth-order valence-corrected chi connectivity index (χ4v) is 5.30. The molecule has 2 aliphatic rings. The highest BCUT2D eigenvalue weighted by molar-refractivity contribution is 9.11. The molecule has 1 fully saturated rings. The summed E-state index contributed by atoms with van der Waals surface area (Å²) in [6.07, 6.45) is 1.15. The first-order valence-corrected chi connectivity index (χ1v) is 11.4. The molecular weight excluding hydrogens is 464 g/mol. The number of carbonyl (C=O) groups excluding carboxylic acids is 1. The van der Waals surface area contributed by atoms with Crippen LogP contribution in [0.4, 0.5) is 0 Å². The van der Waals surface area contributed by atoms with Gasteiger partial charge in [0.05, 0.1) is 28.4 Å². The number of amides is 1. The van der Waals surface area contributed by atoms with E-state index in [4.69, 9.17) is 21.1 Å². The van der Waals surface area contributed by atoms with Gasteiger partial charge in [-0.1, -0.05) is 11.6 Å². The Balaban J connectivity index is 1.33. The fraction of sp³-hybridized carbons (Fsp3) is 0.450. The molecule has 0 atom stereocenters. The predicted molar refractivity (Wildman–Crippen MR) is 115 cm³/mol. The molecule has 0 aliphatic carbocycles. The predicted octanol–water partition coefficient (Wildman–Crippen LogP) is 4.21. The fourth-order valence-electron chi connectivity index (χ4n) is 3.49. The van der Waals surface area contributed by atoms with Gasteiger partial charge in [0, 0.05) is 44.0 Å². The van der Waals surface area contributed by atoms with Gasteiger partial charge in [-0.2, -0.15) is 0 Å². The lowest BCUT2D eigenvalue weighted by Gasteiger charge is -2.34. The molecule has 28 heavy (non-hydrogen) atoms. The number of carbonyl (C=O) groups is 1. The van der Waals surface area contributed by atoms with E-state index in [1.54, 1.807) is 11.3 Å². The van der Waals surface area contributed by atoms with Crippen LogP contribution in [0.15, 0.2) is 28.1 Å². The van der Waals surface area contributed by atoms with E-state index in [1.807, 2.05) is 17.0 Å². The Labute approximate surface area is 182 Å². The van der Waals surface area contributed by atoms with E-state index in [1.165, 1.54) is 4.88 Å². The molecule has 4 rings (SSSR count). The van der Waals surface area contributed by atoms with Crippen LogP contribution in [0.5, 0.6) is 11.5 Å². The zero-order chi connectivity index (χ0) is 19.5. The van der Waals surface area contributed by atoms with Gasteiger partial charge < -0.3 is 14.4 Å². The van der Waals surface area contributed by atoms with E-state index >= 15 is 0 Å². The first-order chi connectivity index (χ1) is 13.6. The second-order valence-electron chi connectivity index (χ2n) is 6.99. The number of halogens is 2. The third kappa shape index (κ3) is 4.82. The Bertz CT molecular complexity index is 852. The molecule has 1 amide bonds. The van der Waals surface area contributed by atoms with E-state index < -0.39 is 0 Å². The smallest absolute Gasteiger partial charge is 0.227 e. The Morgan fingerprint density at radius 2 is 1.93 bits per heavy atom. The highest BCUT2D eigenvalue weighted by atomic mass is 79.9. The maximum Gasteiger partial charge on any atom is 0.227 e. The zero-order valence-corrected chi connectivity index (χ0v) is 18.6. The van der Waals surface area contributed by atoms with Crippen LogP contribution in [0.1, 0.15) is 16.9 Å². The van der Waals surface area contributed by atoms with Crippen molar-refractivity contribution in [3.8, 4) is 11.5 Å². The van der Waals surface area contributed by atoms with Crippen LogP contribution in [-0.2, 0) is 17.8 Å². The molecule has 1 aromatic carbocycles. The number of ether oxygens (including phenoxy) is 2. The molecule has 0 saturated carbocycles. The van der Waals surface area contributed by atoms with Gasteiger partial charge in [-0.3, -0.25) is 9.69 Å². The standard InChI is InChI=1S/C20H22BrClN2O3S/c21-18-3-2-15(28-18)13-23-4-6-24(7-5-23)19(25)12-14-10-16(22)20-17(11-14)26-8-1-9-27-20/h2-3,10-11H,1,4-9,12-13H2. The molecule has 2 aliphatic heterocycles. The molecule has 8 heteroatoms. The van der Waals surface area contributed by atoms with Crippen molar-refractivity contribution in [2.75, 3.05) is 39.4 Å². The van der Waals surface area contributed by atoms with Crippen LogP contribution in [0, 0.1) is 0 Å². The van der Waals surface area contributed by atoms with Crippen LogP contribution in [-0.4, -0.2) is 55.1 Å². The average Bonchev–Trinajstić information content (AvgIpc) is 2.93. The summed E-state index contributed by atoms with van der Waals surface area (Å²) in [4.78, 5) is 18.4. The lowest BCUT2D eigenvalue weighted by atomic mass is 10.1. The number of hydrogen-bond acceptors (Lipinski definition) is 5. The largest absolute Gasteiger partial charge is 0.489 e. The SMILES string of the molecule is O=C(Cc1cc(Cl)c2c(c1)OCCCO2)N1CCN(Cc2ccc(Br)s2)CC1. The molecule has 3 heterocycles. The number of hydrogen-bond donors (Lipinski definition) is 0. The van der Waals surface area contributed by atoms with Crippen molar-refractivity contribution < 1.29 is 14.3 Å². The van der Waals surface area contributed by atoms with Crippen molar-refractivity contribution in [1.29, 1.82) is 0 Å². The van der Waals surface area contributed by atoms with Gasteiger partial charge in [0.25, 0.3) is 0 Å². The normalized spacial score (nSPS) is 17.4. The second kappa shape index (κ2) is 9.03. The van der Waals surface area contributed by atoms with Crippen LogP contribution >= 0.6 is 38.9 Å². The van der Waals surface area contributed by atoms with E-state index in [0.717, 1.165) is 48.5 Å². The summed E-state index contributed by atoms with van der Waals surface area (Å²) in [5.41, 5.74) is 0.866. The summed E-state index contributed by atoms with van der Waals surface area (Å²) in [5.74, 6) is 1.35. The van der Waals surface area contributed by atoms with Crippen molar-refractivity contribution in [2.45, 2.75) is 19.4 Å². The van der Waals surface area contributed by atoms with Crippen molar-refractivity contribution in [2.24, 2.45) is 0 Å². The summed E-state index contributed by atoms with van der Waals surface area (Å²) < 4.78 is 12.5. The van der Waals surface area contributed by atoms with E-state index in [0.29, 0.717) is 36.2 Å². The van der Waals surface area contributed by atoms with E-state index in [2.05, 4.69) is 33.0 Å². The molecule has 0 bridgehead atoms. The minimum Gasteiger partial charge on any atom is -0.489 e. The highest BCUT2D eigenvalue weighted by Gasteiger charge is 2.23. The van der Waals surface area contributed by atoms with Gasteiger partial charge in [-0.25, -0.2) is 0 Å². The van der Waals surface area contributed by atoms with Gasteiger partial charge in [0.15, 0.2) is 11.5 Å². The summed E-state index contributed by atoms with van der Waals surface area (Å²) >= 11 is 11.6. The topological polar surface area (TPSA) is 42.0 Å². The number of thiophene rings is 1. The van der Waals surface area contributed by atoms with Crippen LogP contribution < -0.4 is 9.47 Å². The van der Waals surface area contributed by atoms with Crippen molar-refractivity contribution in [3.05, 3.63) is 43.5 Å². The monoisotopic (exact) mass is 484 g/mol. The minimum absolute atomic E-state index is 0.129. The maximum atomic E-state index is 12.8. The van der Waals surface area contributed by atoms with E-state index in [-0.39, 0.29) is 5.91 Å². The average molecular weight is 486 g/mol. The lowest BCUT2D eigenvalue weighted by molar-refractivity contribution is -0.132. The van der Waals surface area contributed by atoms with Crippen molar-refractivity contribution in [1.82, 2.24) is 9.80 Å². The first-order valence-electron chi connectivity index (χ1n) is 9.41. The Morgan fingerprint density at radius 3 is 2.68 bits per heavy atom. The zero-order valence-electron chi connectivity index (χ0n) is 15.5. The molecule has 5 nitrogen and oxygen atoms in total. The van der Waals surface area contributed by atoms with Gasteiger partial charge in [-0.15, -0.1) is 11.3 Å². The summed E-state index contributed by atoms with van der Waals surface area (Å²) in [5, 5.41) is 0.508. The number of benzene rings is 1. The molecule has 0 radical (unpaired) electrons. The van der Waals surface area contributed by atoms with E-state index in [9.17, 15) is 4.79 Å². The highest BCUT2D eigenvalue weighted by Crippen LogP contribution is 2.38. The number of fused-ring (bicyclic) bond motifs is 1. The molecular formula is C20H22BrClN2O3S. The number of piperazine rings is 1. The number of nitrogens with zero attached hydrogens (tertiary/aromatic N) is 2. The van der Waals surface area contributed by atoms with Crippen LogP contribution in [0.2, 0.25) is 5.02 Å². The van der Waals surface area contributed by atoms with Gasteiger partial charge in [0.1, 0.15) is 0 Å². The third-order valence-corrected chi connectivity index (χ3v) is 6.84. The Kier molecular flexibility index (Phi) is 6.45. The Hall–Kier alpha value is -1.28.